The SMILES string of the molecule is CC(CC(=O)O)N1CCNC[C@@H]1C. The van der Waals surface area contributed by atoms with Gasteiger partial charge in [-0.1, -0.05) is 0 Å². The number of hydrogen-bond donors (Lipinski definition) is 2. The lowest BCUT2D eigenvalue weighted by Crippen LogP contribution is -2.53. The van der Waals surface area contributed by atoms with E-state index >= 15 is 0 Å². The van der Waals surface area contributed by atoms with E-state index in [0.717, 1.165) is 19.6 Å². The van der Waals surface area contributed by atoms with E-state index in [1.165, 1.54) is 0 Å². The van der Waals surface area contributed by atoms with E-state index in [2.05, 4.69) is 17.1 Å². The third-order valence-electron chi connectivity index (χ3n) is 2.59. The summed E-state index contributed by atoms with van der Waals surface area (Å²) in [4.78, 5) is 12.8. The number of piperazine rings is 1. The molecule has 76 valence electrons. The van der Waals surface area contributed by atoms with Crippen molar-refractivity contribution in [1.29, 1.82) is 0 Å². The Labute approximate surface area is 78.9 Å². The van der Waals surface area contributed by atoms with E-state index in [1.54, 1.807) is 0 Å². The first-order valence-corrected chi connectivity index (χ1v) is 4.79. The van der Waals surface area contributed by atoms with E-state index < -0.39 is 5.97 Å². The number of carboxylic acids is 1. The lowest BCUT2D eigenvalue weighted by Gasteiger charge is -2.37. The molecule has 0 amide bonds. The van der Waals surface area contributed by atoms with Gasteiger partial charge in [0.05, 0.1) is 6.42 Å². The third kappa shape index (κ3) is 2.97. The lowest BCUT2D eigenvalue weighted by atomic mass is 10.1. The number of nitrogens with zero attached hydrogens (tertiary/aromatic N) is 1. The van der Waals surface area contributed by atoms with Gasteiger partial charge in [-0.25, -0.2) is 0 Å². The summed E-state index contributed by atoms with van der Waals surface area (Å²) in [5, 5.41) is 11.9. The molecule has 0 radical (unpaired) electrons. The molecule has 1 saturated heterocycles. The fourth-order valence-corrected chi connectivity index (χ4v) is 1.88. The molecule has 0 saturated carbocycles. The molecule has 0 aromatic rings. The topological polar surface area (TPSA) is 52.6 Å². The van der Waals surface area contributed by atoms with Gasteiger partial charge >= 0.3 is 5.97 Å². The Morgan fingerprint density at radius 2 is 2.46 bits per heavy atom. The maximum Gasteiger partial charge on any atom is 0.304 e. The van der Waals surface area contributed by atoms with Crippen molar-refractivity contribution in [2.75, 3.05) is 19.6 Å². The molecule has 1 aliphatic rings. The van der Waals surface area contributed by atoms with Crippen LogP contribution in [0.4, 0.5) is 0 Å². The van der Waals surface area contributed by atoms with E-state index in [4.69, 9.17) is 5.11 Å². The highest BCUT2D eigenvalue weighted by Gasteiger charge is 2.23. The Morgan fingerprint density at radius 3 is 3.00 bits per heavy atom. The first kappa shape index (κ1) is 10.5. The first-order chi connectivity index (χ1) is 6.11. The van der Waals surface area contributed by atoms with Crippen LogP contribution in [-0.2, 0) is 4.79 Å². The number of carbonyl (C=O) groups is 1. The molecular formula is C9H18N2O2. The van der Waals surface area contributed by atoms with Crippen molar-refractivity contribution in [3.8, 4) is 0 Å². The van der Waals surface area contributed by atoms with Crippen molar-refractivity contribution < 1.29 is 9.90 Å². The second-order valence-electron chi connectivity index (χ2n) is 3.74. The standard InChI is InChI=1S/C9H18N2O2/c1-7(5-9(12)13)11-4-3-10-6-8(11)2/h7-8,10H,3-6H2,1-2H3,(H,12,13)/t7?,8-/m0/s1. The summed E-state index contributed by atoms with van der Waals surface area (Å²) < 4.78 is 0. The van der Waals surface area contributed by atoms with Crippen LogP contribution >= 0.6 is 0 Å². The monoisotopic (exact) mass is 186 g/mol. The van der Waals surface area contributed by atoms with Gasteiger partial charge in [0.15, 0.2) is 0 Å². The van der Waals surface area contributed by atoms with Crippen LogP contribution in [0, 0.1) is 0 Å². The Kier molecular flexibility index (Phi) is 3.69. The van der Waals surface area contributed by atoms with E-state index in [9.17, 15) is 4.79 Å². The Bertz CT molecular complexity index is 184. The molecule has 2 atom stereocenters. The summed E-state index contributed by atoms with van der Waals surface area (Å²) in [6.45, 7) is 6.99. The van der Waals surface area contributed by atoms with Crippen molar-refractivity contribution in [2.45, 2.75) is 32.4 Å². The van der Waals surface area contributed by atoms with E-state index in [-0.39, 0.29) is 12.5 Å². The van der Waals surface area contributed by atoms with Gasteiger partial charge in [-0.15, -0.1) is 0 Å². The fourth-order valence-electron chi connectivity index (χ4n) is 1.88. The van der Waals surface area contributed by atoms with Gasteiger partial charge in [0.25, 0.3) is 0 Å². The van der Waals surface area contributed by atoms with Crippen LogP contribution in [0.15, 0.2) is 0 Å². The Hall–Kier alpha value is -0.610. The van der Waals surface area contributed by atoms with Crippen LogP contribution in [0.25, 0.3) is 0 Å². The molecule has 0 aliphatic carbocycles. The molecule has 0 spiro atoms. The van der Waals surface area contributed by atoms with Gasteiger partial charge in [-0.05, 0) is 13.8 Å². The number of nitrogens with one attached hydrogen (secondary N) is 1. The molecule has 1 fully saturated rings. The molecule has 1 aliphatic heterocycles. The maximum atomic E-state index is 10.5. The summed E-state index contributed by atoms with van der Waals surface area (Å²) >= 11 is 0. The van der Waals surface area contributed by atoms with Crippen LogP contribution in [0.5, 0.6) is 0 Å². The van der Waals surface area contributed by atoms with Crippen LogP contribution in [0.1, 0.15) is 20.3 Å². The van der Waals surface area contributed by atoms with E-state index in [1.807, 2.05) is 6.92 Å². The van der Waals surface area contributed by atoms with Gasteiger partial charge in [0.2, 0.25) is 0 Å². The summed E-state index contributed by atoms with van der Waals surface area (Å²) in [6, 6.07) is 0.595. The zero-order chi connectivity index (χ0) is 9.84. The predicted molar refractivity (Wildman–Crippen MR) is 50.8 cm³/mol. The van der Waals surface area contributed by atoms with Crippen molar-refractivity contribution in [3.05, 3.63) is 0 Å². The van der Waals surface area contributed by atoms with Gasteiger partial charge in [0, 0.05) is 31.7 Å². The molecule has 1 heterocycles. The van der Waals surface area contributed by atoms with Gasteiger partial charge in [-0.3, -0.25) is 9.69 Å². The highest BCUT2D eigenvalue weighted by atomic mass is 16.4. The highest BCUT2D eigenvalue weighted by Crippen LogP contribution is 2.10. The number of aliphatic carboxylic acids is 1. The minimum atomic E-state index is -0.710. The number of hydrogen-bond acceptors (Lipinski definition) is 3. The molecule has 4 nitrogen and oxygen atoms in total. The second kappa shape index (κ2) is 4.58. The minimum Gasteiger partial charge on any atom is -0.481 e. The van der Waals surface area contributed by atoms with Crippen LogP contribution in [-0.4, -0.2) is 47.7 Å². The van der Waals surface area contributed by atoms with Crippen molar-refractivity contribution in [3.63, 3.8) is 0 Å². The molecule has 13 heavy (non-hydrogen) atoms. The predicted octanol–water partition coefficient (Wildman–Crippen LogP) is 0.143. The molecule has 1 rings (SSSR count). The maximum absolute atomic E-state index is 10.5. The molecule has 0 aromatic carbocycles. The Morgan fingerprint density at radius 1 is 1.77 bits per heavy atom. The third-order valence-corrected chi connectivity index (χ3v) is 2.59. The number of rotatable bonds is 3. The van der Waals surface area contributed by atoms with Crippen molar-refractivity contribution in [2.24, 2.45) is 0 Å². The zero-order valence-corrected chi connectivity index (χ0v) is 8.29. The molecule has 4 heteroatoms. The average Bonchev–Trinajstić information content (AvgIpc) is 2.03. The molecule has 1 unspecified atom stereocenters. The van der Waals surface area contributed by atoms with Gasteiger partial charge in [0.1, 0.15) is 0 Å². The van der Waals surface area contributed by atoms with Gasteiger partial charge < -0.3 is 10.4 Å². The zero-order valence-electron chi connectivity index (χ0n) is 8.29. The largest absolute Gasteiger partial charge is 0.481 e. The lowest BCUT2D eigenvalue weighted by molar-refractivity contribution is -0.138. The summed E-state index contributed by atoms with van der Waals surface area (Å²) in [5.41, 5.74) is 0. The Balaban J connectivity index is 2.43. The van der Waals surface area contributed by atoms with Crippen LogP contribution < -0.4 is 5.32 Å². The minimum absolute atomic E-state index is 0.148. The summed E-state index contributed by atoms with van der Waals surface area (Å²) in [5.74, 6) is -0.710. The normalized spacial score (nSPS) is 27.1. The number of carboxylic acid groups (broad SMARTS) is 1. The highest BCUT2D eigenvalue weighted by molar-refractivity contribution is 5.67. The van der Waals surface area contributed by atoms with Gasteiger partial charge in [-0.2, -0.15) is 0 Å². The molecule has 0 aromatic heterocycles. The average molecular weight is 186 g/mol. The molecule has 2 N–H and O–H groups in total. The quantitative estimate of drug-likeness (QED) is 0.658. The fraction of sp³-hybridized carbons (Fsp3) is 0.889. The second-order valence-corrected chi connectivity index (χ2v) is 3.74. The van der Waals surface area contributed by atoms with Crippen molar-refractivity contribution in [1.82, 2.24) is 10.2 Å². The van der Waals surface area contributed by atoms with Crippen LogP contribution in [0.3, 0.4) is 0 Å². The molecular weight excluding hydrogens is 168 g/mol. The molecule has 0 bridgehead atoms. The van der Waals surface area contributed by atoms with Crippen molar-refractivity contribution >= 4 is 5.97 Å². The first-order valence-electron chi connectivity index (χ1n) is 4.79. The smallest absolute Gasteiger partial charge is 0.304 e. The van der Waals surface area contributed by atoms with Crippen LogP contribution in [0.2, 0.25) is 0 Å². The van der Waals surface area contributed by atoms with E-state index in [0.29, 0.717) is 6.04 Å². The summed E-state index contributed by atoms with van der Waals surface area (Å²) in [7, 11) is 0. The summed E-state index contributed by atoms with van der Waals surface area (Å²) in [6.07, 6.45) is 0.240.